The molecule has 1 amide bonds. The first-order valence-corrected chi connectivity index (χ1v) is 12.3. The predicted molar refractivity (Wildman–Crippen MR) is 111 cm³/mol. The van der Waals surface area contributed by atoms with Crippen molar-refractivity contribution in [3.8, 4) is 0 Å². The minimum absolute atomic E-state index is 0.0723. The molecule has 5 rings (SSSR count). The molecule has 7 heteroatoms. The van der Waals surface area contributed by atoms with E-state index < -0.39 is 21.5 Å². The van der Waals surface area contributed by atoms with Crippen molar-refractivity contribution in [2.24, 2.45) is 0 Å². The molecule has 2 aromatic rings. The summed E-state index contributed by atoms with van der Waals surface area (Å²) >= 11 is 0. The molecule has 3 aliphatic carbocycles. The molecular weight excluding hydrogens is 402 g/mol. The van der Waals surface area contributed by atoms with E-state index >= 15 is 0 Å². The zero-order valence-corrected chi connectivity index (χ0v) is 18.0. The molecule has 0 saturated heterocycles. The lowest BCUT2D eigenvalue weighted by Crippen LogP contribution is -2.32. The fraction of sp³-hybridized carbons (Fsp3) is 0.522. The van der Waals surface area contributed by atoms with Crippen LogP contribution in [0.25, 0.3) is 0 Å². The standard InChI is InChI=1S/C23H27NO5S/c1-23(26)10-4-9-20-19(23)13-22(29-20)30(27,28)24-21(25)12-18-16-7-2-5-14(16)11-15-6-3-8-17(15)18/h11,13,26H,2-10,12H2,1H3,(H,24,25). The quantitative estimate of drug-likeness (QED) is 0.779. The van der Waals surface area contributed by atoms with E-state index in [0.29, 0.717) is 24.2 Å². The van der Waals surface area contributed by atoms with Gasteiger partial charge >= 0.3 is 0 Å². The number of carbonyl (C=O) groups excluding carboxylic acids is 1. The summed E-state index contributed by atoms with van der Waals surface area (Å²) in [5, 5.41) is 10.2. The maximum Gasteiger partial charge on any atom is 0.297 e. The Balaban J connectivity index is 1.40. The van der Waals surface area contributed by atoms with Crippen LogP contribution in [0.3, 0.4) is 0 Å². The highest BCUT2D eigenvalue weighted by atomic mass is 32.2. The normalized spacial score (nSPS) is 22.5. The Bertz CT molecular complexity index is 1110. The van der Waals surface area contributed by atoms with Crippen LogP contribution in [0, 0.1) is 0 Å². The van der Waals surface area contributed by atoms with Gasteiger partial charge in [0.1, 0.15) is 5.76 Å². The molecule has 0 fully saturated rings. The number of carbonyl (C=O) groups is 1. The smallest absolute Gasteiger partial charge is 0.297 e. The zero-order valence-electron chi connectivity index (χ0n) is 17.2. The van der Waals surface area contributed by atoms with Crippen LogP contribution < -0.4 is 4.72 Å². The number of fused-ring (bicyclic) bond motifs is 3. The highest BCUT2D eigenvalue weighted by Crippen LogP contribution is 2.38. The van der Waals surface area contributed by atoms with Gasteiger partial charge in [0.05, 0.1) is 12.0 Å². The van der Waals surface area contributed by atoms with Crippen LogP contribution in [0.5, 0.6) is 0 Å². The molecule has 6 nitrogen and oxygen atoms in total. The van der Waals surface area contributed by atoms with Crippen molar-refractivity contribution in [2.45, 2.75) is 81.8 Å². The molecule has 1 aromatic heterocycles. The molecular formula is C23H27NO5S. The molecule has 0 saturated carbocycles. The number of amides is 1. The highest BCUT2D eigenvalue weighted by Gasteiger charge is 2.36. The average Bonchev–Trinajstić information content (AvgIpc) is 3.39. The molecule has 0 spiro atoms. The summed E-state index contributed by atoms with van der Waals surface area (Å²) in [4.78, 5) is 12.8. The van der Waals surface area contributed by atoms with E-state index in [2.05, 4.69) is 10.8 Å². The van der Waals surface area contributed by atoms with E-state index in [0.717, 1.165) is 50.5 Å². The van der Waals surface area contributed by atoms with Crippen molar-refractivity contribution >= 4 is 15.9 Å². The van der Waals surface area contributed by atoms with Gasteiger partial charge in [-0.3, -0.25) is 4.79 Å². The van der Waals surface area contributed by atoms with Gasteiger partial charge in [-0.25, -0.2) is 4.72 Å². The number of hydrogen-bond acceptors (Lipinski definition) is 5. The van der Waals surface area contributed by atoms with Crippen molar-refractivity contribution in [1.82, 2.24) is 4.72 Å². The van der Waals surface area contributed by atoms with E-state index in [1.807, 2.05) is 0 Å². The number of aliphatic hydroxyl groups is 1. The highest BCUT2D eigenvalue weighted by molar-refractivity contribution is 7.89. The van der Waals surface area contributed by atoms with Crippen molar-refractivity contribution in [1.29, 1.82) is 0 Å². The minimum atomic E-state index is -4.13. The lowest BCUT2D eigenvalue weighted by molar-refractivity contribution is -0.118. The molecule has 30 heavy (non-hydrogen) atoms. The number of rotatable bonds is 4. The number of benzene rings is 1. The fourth-order valence-corrected chi connectivity index (χ4v) is 6.41. The summed E-state index contributed by atoms with van der Waals surface area (Å²) in [6, 6.07) is 3.66. The fourth-order valence-electron chi connectivity index (χ4n) is 5.45. The van der Waals surface area contributed by atoms with Gasteiger partial charge in [-0.2, -0.15) is 8.42 Å². The van der Waals surface area contributed by atoms with E-state index in [9.17, 15) is 18.3 Å². The SMILES string of the molecule is CC1(O)CCCc2oc(S(=O)(=O)NC(=O)Cc3c4c(cc5c3CCC5)CCC4)cc21. The topological polar surface area (TPSA) is 96.6 Å². The Labute approximate surface area is 176 Å². The first-order chi connectivity index (χ1) is 14.2. The molecule has 1 atom stereocenters. The molecule has 160 valence electrons. The van der Waals surface area contributed by atoms with Crippen LogP contribution in [0.4, 0.5) is 0 Å². The summed E-state index contributed by atoms with van der Waals surface area (Å²) < 4.78 is 33.4. The zero-order chi connectivity index (χ0) is 21.1. The Morgan fingerprint density at radius 3 is 2.37 bits per heavy atom. The molecule has 1 unspecified atom stereocenters. The van der Waals surface area contributed by atoms with Crippen molar-refractivity contribution < 1.29 is 22.7 Å². The maximum absolute atomic E-state index is 12.8. The average molecular weight is 430 g/mol. The van der Waals surface area contributed by atoms with Crippen LogP contribution >= 0.6 is 0 Å². The molecule has 2 N–H and O–H groups in total. The van der Waals surface area contributed by atoms with Gasteiger partial charge in [-0.05, 0) is 86.1 Å². The second kappa shape index (κ2) is 6.95. The first-order valence-electron chi connectivity index (χ1n) is 10.8. The predicted octanol–water partition coefficient (Wildman–Crippen LogP) is 2.85. The summed E-state index contributed by atoms with van der Waals surface area (Å²) in [6.07, 6.45) is 8.09. The summed E-state index contributed by atoms with van der Waals surface area (Å²) in [5.41, 5.74) is 5.55. The second-order valence-electron chi connectivity index (χ2n) is 9.07. The minimum Gasteiger partial charge on any atom is -0.447 e. The molecule has 0 radical (unpaired) electrons. The molecule has 0 aliphatic heterocycles. The molecule has 1 heterocycles. The van der Waals surface area contributed by atoms with E-state index in [1.165, 1.54) is 28.3 Å². The molecule has 1 aromatic carbocycles. The van der Waals surface area contributed by atoms with Crippen LogP contribution in [-0.4, -0.2) is 19.4 Å². The number of aryl methyl sites for hydroxylation is 3. The van der Waals surface area contributed by atoms with Gasteiger partial charge < -0.3 is 9.52 Å². The third-order valence-electron chi connectivity index (χ3n) is 6.88. The van der Waals surface area contributed by atoms with Crippen molar-refractivity contribution in [2.75, 3.05) is 0 Å². The second-order valence-corrected chi connectivity index (χ2v) is 10.7. The van der Waals surface area contributed by atoms with Gasteiger partial charge in [-0.15, -0.1) is 0 Å². The summed E-state index contributed by atoms with van der Waals surface area (Å²) in [5.74, 6) is -0.0525. The van der Waals surface area contributed by atoms with Gasteiger partial charge in [0.2, 0.25) is 11.0 Å². The van der Waals surface area contributed by atoms with E-state index in [-0.39, 0.29) is 11.5 Å². The van der Waals surface area contributed by atoms with Crippen molar-refractivity contribution in [3.05, 3.63) is 51.3 Å². The molecule has 0 bridgehead atoms. The van der Waals surface area contributed by atoms with Crippen LogP contribution in [0.1, 0.15) is 71.7 Å². The van der Waals surface area contributed by atoms with Crippen LogP contribution in [-0.2, 0) is 58.9 Å². The van der Waals surface area contributed by atoms with Gasteiger partial charge in [0.15, 0.2) is 0 Å². The first kappa shape index (κ1) is 19.8. The Hall–Kier alpha value is -2.12. The molecule has 3 aliphatic rings. The third-order valence-corrected chi connectivity index (χ3v) is 8.11. The summed E-state index contributed by atoms with van der Waals surface area (Å²) in [6.45, 7) is 1.66. The van der Waals surface area contributed by atoms with E-state index in [4.69, 9.17) is 4.42 Å². The van der Waals surface area contributed by atoms with Crippen LogP contribution in [0.2, 0.25) is 0 Å². The Morgan fingerprint density at radius 2 is 1.73 bits per heavy atom. The van der Waals surface area contributed by atoms with Gasteiger partial charge in [0.25, 0.3) is 10.0 Å². The van der Waals surface area contributed by atoms with Gasteiger partial charge in [-0.1, -0.05) is 6.07 Å². The largest absolute Gasteiger partial charge is 0.447 e. The third kappa shape index (κ3) is 3.28. The number of sulfonamides is 1. The Kier molecular flexibility index (Phi) is 4.59. The Morgan fingerprint density at radius 1 is 1.07 bits per heavy atom. The van der Waals surface area contributed by atoms with E-state index in [1.54, 1.807) is 6.92 Å². The maximum atomic E-state index is 12.8. The van der Waals surface area contributed by atoms with Crippen molar-refractivity contribution in [3.63, 3.8) is 0 Å². The lowest BCUT2D eigenvalue weighted by atomic mass is 9.85. The summed E-state index contributed by atoms with van der Waals surface area (Å²) in [7, 11) is -4.13. The number of hydrogen-bond donors (Lipinski definition) is 2. The monoisotopic (exact) mass is 429 g/mol. The lowest BCUT2D eigenvalue weighted by Gasteiger charge is -2.26. The van der Waals surface area contributed by atoms with Crippen LogP contribution in [0.15, 0.2) is 21.6 Å². The number of nitrogens with one attached hydrogen (secondary N) is 1. The van der Waals surface area contributed by atoms with Gasteiger partial charge in [0, 0.05) is 18.1 Å². The number of furan rings is 1.